The molecule has 132 valence electrons. The van der Waals surface area contributed by atoms with E-state index in [1.54, 1.807) is 10.3 Å². The summed E-state index contributed by atoms with van der Waals surface area (Å²) in [5, 5.41) is 5.59. The Morgan fingerprint density at radius 2 is 2.16 bits per heavy atom. The van der Waals surface area contributed by atoms with Gasteiger partial charge >= 0.3 is 0 Å². The number of anilines is 1. The molecule has 2 aromatic rings. The van der Waals surface area contributed by atoms with Crippen LogP contribution < -0.4 is 16.0 Å². The Labute approximate surface area is 151 Å². The topological polar surface area (TPSA) is 88.3 Å². The Hall–Kier alpha value is -2.25. The molecular formula is C18H22N4O2S. The summed E-state index contributed by atoms with van der Waals surface area (Å²) in [6.45, 7) is 3.23. The molecule has 7 heteroatoms. The lowest BCUT2D eigenvalue weighted by Crippen LogP contribution is -2.27. The Morgan fingerprint density at radius 3 is 2.80 bits per heavy atom. The quantitative estimate of drug-likeness (QED) is 0.829. The predicted octanol–water partition coefficient (Wildman–Crippen LogP) is 2.26. The Kier molecular flexibility index (Phi) is 5.45. The molecule has 1 aliphatic heterocycles. The SMILES string of the molecule is CC(NC(=O)c1csc(CCN)n1)c1ccc(N2CCCC2=O)cc1. The van der Waals surface area contributed by atoms with Crippen molar-refractivity contribution in [2.45, 2.75) is 32.2 Å². The maximum Gasteiger partial charge on any atom is 0.271 e. The van der Waals surface area contributed by atoms with Crippen LogP contribution in [0.5, 0.6) is 0 Å². The van der Waals surface area contributed by atoms with Crippen molar-refractivity contribution in [3.8, 4) is 0 Å². The summed E-state index contributed by atoms with van der Waals surface area (Å²) in [7, 11) is 0. The van der Waals surface area contributed by atoms with Gasteiger partial charge in [-0.2, -0.15) is 0 Å². The first-order chi connectivity index (χ1) is 12.1. The molecule has 1 aromatic heterocycles. The molecule has 0 aliphatic carbocycles. The molecule has 1 fully saturated rings. The van der Waals surface area contributed by atoms with E-state index in [1.165, 1.54) is 11.3 Å². The van der Waals surface area contributed by atoms with Gasteiger partial charge < -0.3 is 16.0 Å². The molecule has 0 saturated carbocycles. The maximum atomic E-state index is 12.3. The van der Waals surface area contributed by atoms with Crippen molar-refractivity contribution in [1.82, 2.24) is 10.3 Å². The first-order valence-electron chi connectivity index (χ1n) is 8.44. The van der Waals surface area contributed by atoms with Crippen LogP contribution in [0, 0.1) is 0 Å². The van der Waals surface area contributed by atoms with Crippen LogP contribution in [0.3, 0.4) is 0 Å². The summed E-state index contributed by atoms with van der Waals surface area (Å²) < 4.78 is 0. The van der Waals surface area contributed by atoms with E-state index >= 15 is 0 Å². The molecule has 1 aliphatic rings. The number of aromatic nitrogens is 1. The number of amides is 2. The van der Waals surface area contributed by atoms with Gasteiger partial charge in [0.15, 0.2) is 0 Å². The fourth-order valence-corrected chi connectivity index (χ4v) is 3.67. The molecule has 25 heavy (non-hydrogen) atoms. The van der Waals surface area contributed by atoms with Crippen LogP contribution in [0.2, 0.25) is 0 Å². The molecule has 0 spiro atoms. The third-order valence-corrected chi connectivity index (χ3v) is 5.18. The predicted molar refractivity (Wildman–Crippen MR) is 98.8 cm³/mol. The smallest absolute Gasteiger partial charge is 0.271 e. The van der Waals surface area contributed by atoms with Crippen LogP contribution in [-0.2, 0) is 11.2 Å². The van der Waals surface area contributed by atoms with Crippen LogP contribution in [-0.4, -0.2) is 29.9 Å². The minimum atomic E-state index is -0.189. The van der Waals surface area contributed by atoms with Crippen molar-refractivity contribution < 1.29 is 9.59 Å². The van der Waals surface area contributed by atoms with Crippen LogP contribution >= 0.6 is 11.3 Å². The highest BCUT2D eigenvalue weighted by atomic mass is 32.1. The molecular weight excluding hydrogens is 336 g/mol. The summed E-state index contributed by atoms with van der Waals surface area (Å²) in [6.07, 6.45) is 2.21. The highest BCUT2D eigenvalue weighted by Gasteiger charge is 2.22. The zero-order chi connectivity index (χ0) is 17.8. The van der Waals surface area contributed by atoms with Crippen LogP contribution in [0.1, 0.15) is 46.9 Å². The maximum absolute atomic E-state index is 12.3. The fourth-order valence-electron chi connectivity index (χ4n) is 2.87. The Morgan fingerprint density at radius 1 is 1.40 bits per heavy atom. The van der Waals surface area contributed by atoms with Gasteiger partial charge in [-0.15, -0.1) is 11.3 Å². The number of carbonyl (C=O) groups excluding carboxylic acids is 2. The van der Waals surface area contributed by atoms with Crippen molar-refractivity contribution in [3.05, 3.63) is 45.9 Å². The number of benzene rings is 1. The highest BCUT2D eigenvalue weighted by Crippen LogP contribution is 2.23. The molecule has 0 radical (unpaired) electrons. The normalized spacial score (nSPS) is 15.4. The zero-order valence-electron chi connectivity index (χ0n) is 14.2. The minimum Gasteiger partial charge on any atom is -0.344 e. The van der Waals surface area contributed by atoms with Gasteiger partial charge in [0.05, 0.1) is 11.0 Å². The van der Waals surface area contributed by atoms with Crippen molar-refractivity contribution >= 4 is 28.8 Å². The monoisotopic (exact) mass is 358 g/mol. The van der Waals surface area contributed by atoms with E-state index < -0.39 is 0 Å². The molecule has 2 heterocycles. The van der Waals surface area contributed by atoms with E-state index in [1.807, 2.05) is 31.2 Å². The van der Waals surface area contributed by atoms with E-state index in [-0.39, 0.29) is 17.9 Å². The van der Waals surface area contributed by atoms with Crippen molar-refractivity contribution in [3.63, 3.8) is 0 Å². The number of hydrogen-bond donors (Lipinski definition) is 2. The largest absolute Gasteiger partial charge is 0.344 e. The number of rotatable bonds is 6. The van der Waals surface area contributed by atoms with Crippen LogP contribution in [0.15, 0.2) is 29.6 Å². The number of nitrogens with zero attached hydrogens (tertiary/aromatic N) is 2. The van der Waals surface area contributed by atoms with Crippen molar-refractivity contribution in [1.29, 1.82) is 0 Å². The number of nitrogens with one attached hydrogen (secondary N) is 1. The lowest BCUT2D eigenvalue weighted by atomic mass is 10.1. The second kappa shape index (κ2) is 7.76. The third-order valence-electron chi connectivity index (χ3n) is 4.27. The zero-order valence-corrected chi connectivity index (χ0v) is 15.0. The first-order valence-corrected chi connectivity index (χ1v) is 9.32. The standard InChI is InChI=1S/C18H22N4O2S/c1-12(20-18(24)15-11-25-16(21-15)8-9-19)13-4-6-14(7-5-13)22-10-2-3-17(22)23/h4-7,11-12H,2-3,8-10,19H2,1H3,(H,20,24). The van der Waals surface area contributed by atoms with E-state index in [2.05, 4.69) is 10.3 Å². The molecule has 1 atom stereocenters. The summed E-state index contributed by atoms with van der Waals surface area (Å²) >= 11 is 1.45. The van der Waals surface area contributed by atoms with Gasteiger partial charge in [0.2, 0.25) is 5.91 Å². The van der Waals surface area contributed by atoms with E-state index in [9.17, 15) is 9.59 Å². The van der Waals surface area contributed by atoms with Crippen molar-refractivity contribution in [2.24, 2.45) is 5.73 Å². The van der Waals surface area contributed by atoms with Gasteiger partial charge in [0.25, 0.3) is 5.91 Å². The Bertz CT molecular complexity index is 757. The number of carbonyl (C=O) groups is 2. The highest BCUT2D eigenvalue weighted by molar-refractivity contribution is 7.09. The van der Waals surface area contributed by atoms with Gasteiger partial charge in [-0.25, -0.2) is 4.98 Å². The summed E-state index contributed by atoms with van der Waals surface area (Å²) in [6, 6.07) is 7.63. The van der Waals surface area contributed by atoms with Gasteiger partial charge in [-0.05, 0) is 37.6 Å². The number of nitrogens with two attached hydrogens (primary N) is 1. The van der Waals surface area contributed by atoms with Gasteiger partial charge in [-0.1, -0.05) is 12.1 Å². The molecule has 2 amide bonds. The van der Waals surface area contributed by atoms with Gasteiger partial charge in [-0.3, -0.25) is 9.59 Å². The number of thiazole rings is 1. The molecule has 1 saturated heterocycles. The average molecular weight is 358 g/mol. The number of hydrogen-bond acceptors (Lipinski definition) is 5. The van der Waals surface area contributed by atoms with Crippen LogP contribution in [0.4, 0.5) is 5.69 Å². The fraction of sp³-hybridized carbons (Fsp3) is 0.389. The minimum absolute atomic E-state index is 0.143. The van der Waals surface area contributed by atoms with Crippen molar-refractivity contribution in [2.75, 3.05) is 18.0 Å². The Balaban J connectivity index is 1.63. The van der Waals surface area contributed by atoms with E-state index in [4.69, 9.17) is 5.73 Å². The molecule has 3 rings (SSSR count). The first kappa shape index (κ1) is 17.6. The third kappa shape index (κ3) is 4.05. The van der Waals surface area contributed by atoms with E-state index in [0.29, 0.717) is 25.1 Å². The second-order valence-corrected chi connectivity index (χ2v) is 7.04. The lowest BCUT2D eigenvalue weighted by Gasteiger charge is -2.18. The van der Waals surface area contributed by atoms with Gasteiger partial charge in [0.1, 0.15) is 5.69 Å². The molecule has 1 unspecified atom stereocenters. The molecule has 0 bridgehead atoms. The van der Waals surface area contributed by atoms with Crippen LogP contribution in [0.25, 0.3) is 0 Å². The average Bonchev–Trinajstić information content (AvgIpc) is 3.24. The lowest BCUT2D eigenvalue weighted by molar-refractivity contribution is -0.117. The summed E-state index contributed by atoms with van der Waals surface area (Å²) in [5.74, 6) is -0.0169. The summed E-state index contributed by atoms with van der Waals surface area (Å²) in [4.78, 5) is 30.2. The molecule has 3 N–H and O–H groups in total. The second-order valence-electron chi connectivity index (χ2n) is 6.10. The van der Waals surface area contributed by atoms with Gasteiger partial charge in [0, 0.05) is 30.5 Å². The molecule has 1 aromatic carbocycles. The van der Waals surface area contributed by atoms with E-state index in [0.717, 1.165) is 29.2 Å². The summed E-state index contributed by atoms with van der Waals surface area (Å²) in [5.41, 5.74) is 7.84. The molecule has 6 nitrogen and oxygen atoms in total.